The Labute approximate surface area is 145 Å². The van der Waals surface area contributed by atoms with Crippen molar-refractivity contribution in [3.05, 3.63) is 43.0 Å². The molecule has 0 heterocycles. The molecule has 0 aliphatic heterocycles. The van der Waals surface area contributed by atoms with Crippen molar-refractivity contribution in [3.63, 3.8) is 0 Å². The number of allylic oxidation sites excluding steroid dienone is 8. The van der Waals surface area contributed by atoms with E-state index in [1.165, 1.54) is 0 Å². The Morgan fingerprint density at radius 1 is 1.10 bits per heavy atom. The van der Waals surface area contributed by atoms with Gasteiger partial charge in [0.05, 0.1) is 0 Å². The molecule has 5 heteroatoms. The van der Waals surface area contributed by atoms with Crippen LogP contribution in [0.1, 0.15) is 19.8 Å². The molecule has 0 fully saturated rings. The van der Waals surface area contributed by atoms with E-state index in [1.807, 2.05) is 0 Å². The van der Waals surface area contributed by atoms with Crippen molar-refractivity contribution in [2.24, 2.45) is 0 Å². The molecular formula is C16H27Cl2OSiZr. The van der Waals surface area contributed by atoms with Crippen LogP contribution in [0.5, 0.6) is 0 Å². The summed E-state index contributed by atoms with van der Waals surface area (Å²) in [5.41, 5.74) is 0. The van der Waals surface area contributed by atoms with Crippen LogP contribution in [0.2, 0.25) is 19.1 Å². The molecule has 0 saturated carbocycles. The predicted octanol–water partition coefficient (Wildman–Crippen LogP) is 4.69. The molecule has 21 heavy (non-hydrogen) atoms. The number of hydrogen-bond acceptors (Lipinski definition) is 1. The molecule has 0 atom stereocenters. The van der Waals surface area contributed by atoms with Crippen LogP contribution in [0, 0.1) is 0 Å². The first-order chi connectivity index (χ1) is 9.08. The molecule has 0 aromatic heterocycles. The van der Waals surface area contributed by atoms with E-state index >= 15 is 0 Å². The Morgan fingerprint density at radius 2 is 1.57 bits per heavy atom. The SMILES string of the molecule is C[CH]=[Zr]([C]1=CC=CC1)([C]1=CC=CC1)[Si](C)(C)CCO.Cl.Cl. The van der Waals surface area contributed by atoms with Gasteiger partial charge >= 0.3 is 121 Å². The summed E-state index contributed by atoms with van der Waals surface area (Å²) in [5.74, 6) is 0. The monoisotopic (exact) mass is 423 g/mol. The van der Waals surface area contributed by atoms with E-state index in [1.54, 1.807) is 6.56 Å². The molecule has 119 valence electrons. The van der Waals surface area contributed by atoms with Gasteiger partial charge in [-0.25, -0.2) is 0 Å². The first-order valence-electron chi connectivity index (χ1n) is 7.22. The van der Waals surface area contributed by atoms with Gasteiger partial charge in [-0.3, -0.25) is 0 Å². The smallest absolute Gasteiger partial charge is 0.147 e. The molecule has 2 aliphatic rings. The quantitative estimate of drug-likeness (QED) is 0.634. The normalized spacial score (nSPS) is 17.0. The van der Waals surface area contributed by atoms with Gasteiger partial charge in [0.1, 0.15) is 0 Å². The molecule has 0 unspecified atom stereocenters. The Hall–Kier alpha value is 0.470. The Bertz CT molecular complexity index is 496. The molecule has 0 amide bonds. The van der Waals surface area contributed by atoms with E-state index in [9.17, 15) is 5.11 Å². The Balaban J connectivity index is 0.00000200. The fourth-order valence-corrected chi connectivity index (χ4v) is 38.5. The fourth-order valence-electron chi connectivity index (χ4n) is 3.79. The average molecular weight is 426 g/mol. The summed E-state index contributed by atoms with van der Waals surface area (Å²) in [4.78, 5) is 0. The zero-order chi connectivity index (χ0) is 13.9. The second kappa shape index (κ2) is 8.93. The van der Waals surface area contributed by atoms with Crippen molar-refractivity contribution >= 4 is 33.7 Å². The number of hydrogen-bond donors (Lipinski definition) is 1. The first-order valence-corrected chi connectivity index (χ1v) is 18.0. The van der Waals surface area contributed by atoms with Crippen molar-refractivity contribution in [2.75, 3.05) is 6.61 Å². The number of rotatable bonds is 5. The molecule has 1 nitrogen and oxygen atoms in total. The van der Waals surface area contributed by atoms with E-state index in [-0.39, 0.29) is 24.8 Å². The minimum absolute atomic E-state index is 0. The average Bonchev–Trinajstić information content (AvgIpc) is 3.02. The summed E-state index contributed by atoms with van der Waals surface area (Å²) in [7, 11) is 0. The minimum Gasteiger partial charge on any atom is -0.147 e. The maximum absolute atomic E-state index is 9.53. The zero-order valence-electron chi connectivity index (χ0n) is 13.1. The topological polar surface area (TPSA) is 20.2 Å². The second-order valence-corrected chi connectivity index (χ2v) is 33.6. The van der Waals surface area contributed by atoms with Crippen molar-refractivity contribution in [3.8, 4) is 0 Å². The van der Waals surface area contributed by atoms with Gasteiger partial charge in [-0.15, -0.1) is 24.8 Å². The molecule has 2 aliphatic carbocycles. The van der Waals surface area contributed by atoms with Gasteiger partial charge in [0.2, 0.25) is 0 Å². The number of aliphatic hydroxyl groups is 1. The third-order valence-electron chi connectivity index (χ3n) is 4.79. The molecule has 0 saturated heterocycles. The van der Waals surface area contributed by atoms with Crippen LogP contribution in [-0.2, 0) is 18.9 Å². The van der Waals surface area contributed by atoms with Crippen LogP contribution in [0.15, 0.2) is 43.0 Å². The van der Waals surface area contributed by atoms with Crippen LogP contribution in [-0.4, -0.2) is 20.6 Å². The Morgan fingerprint density at radius 3 is 1.86 bits per heavy atom. The molecule has 0 aromatic carbocycles. The van der Waals surface area contributed by atoms with Gasteiger partial charge in [0.15, 0.2) is 0 Å². The van der Waals surface area contributed by atoms with Crippen molar-refractivity contribution < 1.29 is 24.0 Å². The van der Waals surface area contributed by atoms with Gasteiger partial charge in [0.25, 0.3) is 0 Å². The standard InChI is InChI=1S/2C5H5.C4H11OSi.C2H4.2ClH.Zr/c2*1-2-4-5-3-1;1-6(2)4-3-5;1-2;;;/h2*1-3H,4H2;5H,3-4H2,1-2H3;1H,2H3;2*1H;. The van der Waals surface area contributed by atoms with Crippen molar-refractivity contribution in [1.82, 2.24) is 0 Å². The van der Waals surface area contributed by atoms with E-state index < -0.39 is 24.1 Å². The van der Waals surface area contributed by atoms with Crippen LogP contribution in [0.4, 0.5) is 0 Å². The Kier molecular flexibility index (Phi) is 9.13. The largest absolute Gasteiger partial charge is 0.147 e. The van der Waals surface area contributed by atoms with Crippen LogP contribution < -0.4 is 0 Å². The van der Waals surface area contributed by atoms with Crippen LogP contribution in [0.3, 0.4) is 0 Å². The molecule has 0 bridgehead atoms. The van der Waals surface area contributed by atoms with Crippen molar-refractivity contribution in [1.29, 1.82) is 0 Å². The van der Waals surface area contributed by atoms with Crippen LogP contribution >= 0.6 is 24.8 Å². The molecule has 0 radical (unpaired) electrons. The third-order valence-corrected chi connectivity index (χ3v) is 40.4. The summed E-state index contributed by atoms with van der Waals surface area (Å²) in [6, 6.07) is 1.04. The van der Waals surface area contributed by atoms with E-state index in [2.05, 4.69) is 60.2 Å². The summed E-state index contributed by atoms with van der Waals surface area (Å²) < 4.78 is 6.09. The van der Waals surface area contributed by atoms with E-state index in [0.29, 0.717) is 6.61 Å². The van der Waals surface area contributed by atoms with Gasteiger partial charge in [-0.05, 0) is 0 Å². The summed E-state index contributed by atoms with van der Waals surface area (Å²) in [6.07, 6.45) is 16.2. The predicted molar refractivity (Wildman–Crippen MR) is 99.3 cm³/mol. The number of aliphatic hydroxyl groups excluding tert-OH is 1. The molecular weight excluding hydrogens is 398 g/mol. The molecule has 2 rings (SSSR count). The fraction of sp³-hybridized carbons (Fsp3) is 0.438. The molecule has 0 aromatic rings. The van der Waals surface area contributed by atoms with E-state index in [0.717, 1.165) is 18.9 Å². The van der Waals surface area contributed by atoms with Crippen LogP contribution in [0.25, 0.3) is 0 Å². The summed E-state index contributed by atoms with van der Waals surface area (Å²) >= 11 is -2.62. The zero-order valence-corrected chi connectivity index (χ0v) is 18.2. The van der Waals surface area contributed by atoms with E-state index in [4.69, 9.17) is 0 Å². The maximum atomic E-state index is 9.53. The summed E-state index contributed by atoms with van der Waals surface area (Å²) in [6.45, 7) is 7.67. The van der Waals surface area contributed by atoms with Gasteiger partial charge in [0, 0.05) is 0 Å². The second-order valence-electron chi connectivity index (χ2n) is 6.10. The minimum atomic E-state index is -2.62. The third kappa shape index (κ3) is 3.87. The van der Waals surface area contributed by atoms with Gasteiger partial charge in [-0.1, -0.05) is 0 Å². The van der Waals surface area contributed by atoms with Gasteiger partial charge < -0.3 is 0 Å². The summed E-state index contributed by atoms with van der Waals surface area (Å²) in [5, 5.41) is 8.11. The van der Waals surface area contributed by atoms with Crippen molar-refractivity contribution in [2.45, 2.75) is 38.9 Å². The first kappa shape index (κ1) is 21.5. The van der Waals surface area contributed by atoms with Gasteiger partial charge in [-0.2, -0.15) is 0 Å². The number of halogens is 2. The maximum Gasteiger partial charge on any atom is -0.147 e. The molecule has 0 spiro atoms. The molecule has 1 N–H and O–H groups in total.